The van der Waals surface area contributed by atoms with E-state index < -0.39 is 22.0 Å². The van der Waals surface area contributed by atoms with Crippen molar-refractivity contribution in [2.24, 2.45) is 0 Å². The summed E-state index contributed by atoms with van der Waals surface area (Å²) >= 11 is 0. The lowest BCUT2D eigenvalue weighted by Crippen LogP contribution is -2.31. The lowest BCUT2D eigenvalue weighted by molar-refractivity contribution is -0.137. The largest absolute Gasteiger partial charge is 0.491 e. The van der Waals surface area contributed by atoms with Crippen molar-refractivity contribution < 1.29 is 23.1 Å². The van der Waals surface area contributed by atoms with Crippen LogP contribution in [-0.2, 0) is 14.8 Å². The van der Waals surface area contributed by atoms with Crippen molar-refractivity contribution in [2.45, 2.75) is 18.9 Å². The van der Waals surface area contributed by atoms with Gasteiger partial charge in [-0.15, -0.1) is 0 Å². The van der Waals surface area contributed by atoms with E-state index in [-0.39, 0.29) is 25.2 Å². The third-order valence-corrected chi connectivity index (χ3v) is 4.30. The highest BCUT2D eigenvalue weighted by Crippen LogP contribution is 2.32. The first kappa shape index (κ1) is 13.8. The number of rotatable bonds is 6. The summed E-state index contributed by atoms with van der Waals surface area (Å²) in [7, 11) is -3.50. The summed E-state index contributed by atoms with van der Waals surface area (Å²) in [5.74, 6) is -0.511. The first-order valence-corrected chi connectivity index (χ1v) is 7.57. The Balaban J connectivity index is 1.96. The molecule has 2 N–H and O–H groups in total. The highest BCUT2D eigenvalue weighted by atomic mass is 32.2. The zero-order valence-electron chi connectivity index (χ0n) is 10.2. The molecule has 1 aromatic carbocycles. The number of hydrogen-bond donors (Lipinski definition) is 2. The van der Waals surface area contributed by atoms with E-state index in [0.717, 1.165) is 5.56 Å². The summed E-state index contributed by atoms with van der Waals surface area (Å²) in [5.41, 5.74) is 0.810. The molecule has 1 aliphatic rings. The molecule has 0 amide bonds. The maximum absolute atomic E-state index is 11.8. The van der Waals surface area contributed by atoms with Gasteiger partial charge in [0.25, 0.3) is 0 Å². The molecule has 19 heavy (non-hydrogen) atoms. The summed E-state index contributed by atoms with van der Waals surface area (Å²) in [6.07, 6.45) is -0.0570. The minimum Gasteiger partial charge on any atom is -0.491 e. The zero-order chi connectivity index (χ0) is 13.9. The fourth-order valence-corrected chi connectivity index (χ4v) is 3.22. The quantitative estimate of drug-likeness (QED) is 0.810. The fourth-order valence-electron chi connectivity index (χ4n) is 1.95. The molecule has 1 aliphatic heterocycles. The Hall–Kier alpha value is -1.60. The second-order valence-corrected chi connectivity index (χ2v) is 6.21. The fraction of sp³-hybridized carbons (Fsp3) is 0.417. The van der Waals surface area contributed by atoms with Gasteiger partial charge in [-0.1, -0.05) is 18.2 Å². The van der Waals surface area contributed by atoms with E-state index in [2.05, 4.69) is 4.72 Å². The van der Waals surface area contributed by atoms with Crippen molar-refractivity contribution in [3.8, 4) is 5.75 Å². The Morgan fingerprint density at radius 3 is 2.89 bits per heavy atom. The smallest absolute Gasteiger partial charge is 0.303 e. The number of fused-ring (bicyclic) bond motifs is 1. The maximum Gasteiger partial charge on any atom is 0.303 e. The van der Waals surface area contributed by atoms with Crippen molar-refractivity contribution in [2.75, 3.05) is 12.4 Å². The molecule has 7 heteroatoms. The molecule has 0 spiro atoms. The van der Waals surface area contributed by atoms with Gasteiger partial charge in [-0.25, -0.2) is 13.1 Å². The summed E-state index contributed by atoms with van der Waals surface area (Å²) in [6, 6.07) is 6.84. The molecule has 1 heterocycles. The van der Waals surface area contributed by atoms with E-state index in [1.54, 1.807) is 6.07 Å². The van der Waals surface area contributed by atoms with Crippen LogP contribution in [0.3, 0.4) is 0 Å². The molecule has 0 aliphatic carbocycles. The molecular formula is C12H15NO5S. The molecule has 0 saturated carbocycles. The molecule has 1 atom stereocenters. The van der Waals surface area contributed by atoms with Crippen LogP contribution in [0.1, 0.15) is 24.4 Å². The van der Waals surface area contributed by atoms with Crippen molar-refractivity contribution in [1.29, 1.82) is 0 Å². The van der Waals surface area contributed by atoms with E-state index in [1.165, 1.54) is 0 Å². The average Bonchev–Trinajstić information content (AvgIpc) is 2.71. The minimum atomic E-state index is -3.50. The molecule has 0 radical (unpaired) electrons. The Kier molecular flexibility index (Phi) is 4.06. The van der Waals surface area contributed by atoms with Gasteiger partial charge in [0.05, 0.1) is 11.8 Å². The molecule has 0 fully saturated rings. The molecule has 104 valence electrons. The van der Waals surface area contributed by atoms with Crippen LogP contribution in [-0.4, -0.2) is 31.9 Å². The van der Waals surface area contributed by atoms with Crippen molar-refractivity contribution >= 4 is 16.0 Å². The third-order valence-electron chi connectivity index (χ3n) is 2.83. The second kappa shape index (κ2) is 5.58. The molecule has 6 nitrogen and oxygen atoms in total. The lowest BCUT2D eigenvalue weighted by Gasteiger charge is -2.11. The van der Waals surface area contributed by atoms with Crippen LogP contribution in [0.2, 0.25) is 0 Å². The van der Waals surface area contributed by atoms with Crippen LogP contribution in [0.4, 0.5) is 0 Å². The van der Waals surface area contributed by atoms with E-state index in [9.17, 15) is 13.2 Å². The number of carboxylic acid groups (broad SMARTS) is 1. The van der Waals surface area contributed by atoms with E-state index in [1.807, 2.05) is 18.2 Å². The van der Waals surface area contributed by atoms with Gasteiger partial charge in [-0.05, 0) is 12.5 Å². The summed E-state index contributed by atoms with van der Waals surface area (Å²) < 4.78 is 31.6. The van der Waals surface area contributed by atoms with Gasteiger partial charge in [0, 0.05) is 12.0 Å². The van der Waals surface area contributed by atoms with Crippen molar-refractivity contribution in [3.05, 3.63) is 29.8 Å². The van der Waals surface area contributed by atoms with Gasteiger partial charge in [0.15, 0.2) is 0 Å². The molecule has 1 unspecified atom stereocenters. The predicted octanol–water partition coefficient (Wildman–Crippen LogP) is 0.904. The summed E-state index contributed by atoms with van der Waals surface area (Å²) in [5, 5.41) is 8.49. The van der Waals surface area contributed by atoms with Crippen LogP contribution in [0.25, 0.3) is 0 Å². The second-order valence-electron chi connectivity index (χ2n) is 4.34. The SMILES string of the molecule is O=C(O)CCCS(=O)(=O)NC1COc2ccccc21. The molecule has 1 aromatic rings. The summed E-state index contributed by atoms with van der Waals surface area (Å²) in [6.45, 7) is 0.261. The Bertz CT molecular complexity index is 569. The van der Waals surface area contributed by atoms with Crippen LogP contribution in [0.15, 0.2) is 24.3 Å². The topological polar surface area (TPSA) is 92.7 Å². The number of benzene rings is 1. The van der Waals surface area contributed by atoms with E-state index in [4.69, 9.17) is 9.84 Å². The Morgan fingerprint density at radius 2 is 2.16 bits per heavy atom. The highest BCUT2D eigenvalue weighted by molar-refractivity contribution is 7.89. The Labute approximate surface area is 111 Å². The molecule has 0 bridgehead atoms. The van der Waals surface area contributed by atoms with Gasteiger partial charge >= 0.3 is 5.97 Å². The van der Waals surface area contributed by atoms with Crippen LogP contribution < -0.4 is 9.46 Å². The predicted molar refractivity (Wildman–Crippen MR) is 68.5 cm³/mol. The van der Waals surface area contributed by atoms with E-state index >= 15 is 0 Å². The van der Waals surface area contributed by atoms with Gasteiger partial charge in [-0.3, -0.25) is 4.79 Å². The van der Waals surface area contributed by atoms with Gasteiger partial charge in [0.1, 0.15) is 12.4 Å². The van der Waals surface area contributed by atoms with Gasteiger partial charge in [0.2, 0.25) is 10.0 Å². The maximum atomic E-state index is 11.8. The van der Waals surface area contributed by atoms with Crippen LogP contribution in [0, 0.1) is 0 Å². The molecular weight excluding hydrogens is 270 g/mol. The number of para-hydroxylation sites is 1. The Morgan fingerprint density at radius 1 is 1.42 bits per heavy atom. The normalized spacial score (nSPS) is 17.8. The summed E-state index contributed by atoms with van der Waals surface area (Å²) in [4.78, 5) is 10.4. The van der Waals surface area contributed by atoms with Crippen LogP contribution in [0.5, 0.6) is 5.75 Å². The number of aliphatic carboxylic acids is 1. The third kappa shape index (κ3) is 3.68. The van der Waals surface area contributed by atoms with E-state index in [0.29, 0.717) is 5.75 Å². The number of ether oxygens (including phenoxy) is 1. The first-order valence-electron chi connectivity index (χ1n) is 5.91. The van der Waals surface area contributed by atoms with Gasteiger partial charge in [-0.2, -0.15) is 0 Å². The van der Waals surface area contributed by atoms with Crippen molar-refractivity contribution in [3.63, 3.8) is 0 Å². The number of carbonyl (C=O) groups is 1. The minimum absolute atomic E-state index is 0.0971. The number of sulfonamides is 1. The number of nitrogens with one attached hydrogen (secondary N) is 1. The first-order chi connectivity index (χ1) is 8.98. The molecule has 0 aromatic heterocycles. The van der Waals surface area contributed by atoms with Crippen LogP contribution >= 0.6 is 0 Å². The number of hydrogen-bond acceptors (Lipinski definition) is 4. The number of carboxylic acids is 1. The highest BCUT2D eigenvalue weighted by Gasteiger charge is 2.27. The van der Waals surface area contributed by atoms with Gasteiger partial charge < -0.3 is 9.84 Å². The standard InChI is InChI=1S/C12H15NO5S/c14-12(15)6-3-7-19(16,17)13-10-8-18-11-5-2-1-4-9(10)11/h1-2,4-5,10,13H,3,6-8H2,(H,14,15). The lowest BCUT2D eigenvalue weighted by atomic mass is 10.1. The monoisotopic (exact) mass is 285 g/mol. The van der Waals surface area contributed by atoms with Crippen molar-refractivity contribution in [1.82, 2.24) is 4.72 Å². The average molecular weight is 285 g/mol. The molecule has 2 rings (SSSR count). The molecule has 0 saturated heterocycles. The zero-order valence-corrected chi connectivity index (χ0v) is 11.0.